The van der Waals surface area contributed by atoms with E-state index in [2.05, 4.69) is 46.0 Å². The van der Waals surface area contributed by atoms with Gasteiger partial charge in [-0.3, -0.25) is 0 Å². The fraction of sp³-hybridized carbons (Fsp3) is 0.600. The first kappa shape index (κ1) is 14.0. The first-order chi connectivity index (χ1) is 8.65. The number of nitrogens with zero attached hydrogens (tertiary/aromatic N) is 1. The normalized spacial score (nSPS) is 19.9. The van der Waals surface area contributed by atoms with E-state index in [1.807, 2.05) is 6.07 Å². The maximum atomic E-state index is 6.26. The predicted octanol–water partition coefficient (Wildman–Crippen LogP) is 3.57. The molecule has 0 amide bonds. The van der Waals surface area contributed by atoms with Gasteiger partial charge in [-0.25, -0.2) is 0 Å². The van der Waals surface area contributed by atoms with Crippen LogP contribution >= 0.6 is 15.9 Å². The number of piperidine rings is 1. The molecular weight excluding hydrogens is 288 g/mol. The standard InChI is InChI=1S/C15H23BrN2/c1-12-5-8-18(9-6-12)10-7-15(17)13-3-2-4-14(16)11-13/h2-4,11-12,15H,5-10,17H2,1H3. The molecule has 1 aliphatic rings. The van der Waals surface area contributed by atoms with Crippen LogP contribution in [0.2, 0.25) is 0 Å². The molecule has 1 saturated heterocycles. The second kappa shape index (κ2) is 6.69. The van der Waals surface area contributed by atoms with Crippen molar-refractivity contribution in [2.24, 2.45) is 11.7 Å². The van der Waals surface area contributed by atoms with Crippen LogP contribution in [0.4, 0.5) is 0 Å². The summed E-state index contributed by atoms with van der Waals surface area (Å²) in [6, 6.07) is 8.50. The summed E-state index contributed by atoms with van der Waals surface area (Å²) in [4.78, 5) is 2.55. The zero-order valence-electron chi connectivity index (χ0n) is 11.1. The lowest BCUT2D eigenvalue weighted by Crippen LogP contribution is -2.34. The van der Waals surface area contributed by atoms with Crippen molar-refractivity contribution >= 4 is 15.9 Å². The first-order valence-electron chi connectivity index (χ1n) is 6.88. The van der Waals surface area contributed by atoms with Crippen molar-refractivity contribution in [1.29, 1.82) is 0 Å². The Labute approximate surface area is 119 Å². The second-order valence-electron chi connectivity index (χ2n) is 5.47. The molecule has 0 aromatic heterocycles. The smallest absolute Gasteiger partial charge is 0.0307 e. The van der Waals surface area contributed by atoms with Crippen LogP contribution in [0.1, 0.15) is 37.8 Å². The Morgan fingerprint density at radius 1 is 1.39 bits per heavy atom. The lowest BCUT2D eigenvalue weighted by atomic mass is 9.98. The van der Waals surface area contributed by atoms with Gasteiger partial charge in [0.2, 0.25) is 0 Å². The molecule has 1 heterocycles. The van der Waals surface area contributed by atoms with Gasteiger partial charge in [0, 0.05) is 10.5 Å². The van der Waals surface area contributed by atoms with Gasteiger partial charge in [-0.2, -0.15) is 0 Å². The second-order valence-corrected chi connectivity index (χ2v) is 6.39. The van der Waals surface area contributed by atoms with Gasteiger partial charge in [-0.1, -0.05) is 35.0 Å². The third-order valence-electron chi connectivity index (χ3n) is 3.91. The molecule has 2 N–H and O–H groups in total. The molecule has 1 unspecified atom stereocenters. The SMILES string of the molecule is CC1CCN(CCC(N)c2cccc(Br)c2)CC1. The van der Waals surface area contributed by atoms with Crippen LogP contribution in [0.3, 0.4) is 0 Å². The van der Waals surface area contributed by atoms with Gasteiger partial charge in [0.1, 0.15) is 0 Å². The minimum absolute atomic E-state index is 0.154. The van der Waals surface area contributed by atoms with Crippen LogP contribution < -0.4 is 5.73 Å². The summed E-state index contributed by atoms with van der Waals surface area (Å²) in [7, 11) is 0. The molecule has 1 aromatic carbocycles. The van der Waals surface area contributed by atoms with Gasteiger partial charge in [0.25, 0.3) is 0 Å². The third kappa shape index (κ3) is 4.08. The van der Waals surface area contributed by atoms with Crippen molar-refractivity contribution < 1.29 is 0 Å². The molecule has 1 aromatic rings. The zero-order valence-corrected chi connectivity index (χ0v) is 12.7. The molecule has 1 atom stereocenters. The number of likely N-dealkylation sites (tertiary alicyclic amines) is 1. The van der Waals surface area contributed by atoms with Crippen LogP contribution in [0, 0.1) is 5.92 Å². The van der Waals surface area contributed by atoms with Crippen molar-refractivity contribution in [2.45, 2.75) is 32.2 Å². The topological polar surface area (TPSA) is 29.3 Å². The summed E-state index contributed by atoms with van der Waals surface area (Å²) in [5.74, 6) is 0.903. The maximum Gasteiger partial charge on any atom is 0.0307 e. The van der Waals surface area contributed by atoms with E-state index in [4.69, 9.17) is 5.73 Å². The molecule has 0 radical (unpaired) electrons. The number of nitrogens with two attached hydrogens (primary N) is 1. The summed E-state index contributed by atoms with van der Waals surface area (Å²) in [5.41, 5.74) is 7.49. The van der Waals surface area contributed by atoms with Crippen molar-refractivity contribution in [2.75, 3.05) is 19.6 Å². The largest absolute Gasteiger partial charge is 0.324 e. The fourth-order valence-electron chi connectivity index (χ4n) is 2.51. The molecule has 0 bridgehead atoms. The quantitative estimate of drug-likeness (QED) is 0.921. The van der Waals surface area contributed by atoms with Crippen LogP contribution in [-0.4, -0.2) is 24.5 Å². The summed E-state index contributed by atoms with van der Waals surface area (Å²) < 4.78 is 1.11. The molecule has 0 aliphatic carbocycles. The molecule has 2 nitrogen and oxygen atoms in total. The Morgan fingerprint density at radius 3 is 2.78 bits per heavy atom. The molecule has 3 heteroatoms. The Balaban J connectivity index is 1.79. The lowest BCUT2D eigenvalue weighted by Gasteiger charge is -2.30. The van der Waals surface area contributed by atoms with Crippen LogP contribution in [0.25, 0.3) is 0 Å². The highest BCUT2D eigenvalue weighted by atomic mass is 79.9. The van der Waals surface area contributed by atoms with Gasteiger partial charge in [0.15, 0.2) is 0 Å². The molecule has 18 heavy (non-hydrogen) atoms. The number of hydrogen-bond donors (Lipinski definition) is 1. The minimum atomic E-state index is 0.154. The highest BCUT2D eigenvalue weighted by molar-refractivity contribution is 9.10. The summed E-state index contributed by atoms with van der Waals surface area (Å²) in [5, 5.41) is 0. The molecule has 2 rings (SSSR count). The van der Waals surface area contributed by atoms with Crippen LogP contribution in [0.15, 0.2) is 28.7 Å². The van der Waals surface area contributed by atoms with E-state index in [1.54, 1.807) is 0 Å². The predicted molar refractivity (Wildman–Crippen MR) is 80.5 cm³/mol. The van der Waals surface area contributed by atoms with Crippen molar-refractivity contribution in [1.82, 2.24) is 4.90 Å². The summed E-state index contributed by atoms with van der Waals surface area (Å²) in [6.07, 6.45) is 3.73. The highest BCUT2D eigenvalue weighted by Crippen LogP contribution is 2.21. The van der Waals surface area contributed by atoms with E-state index < -0.39 is 0 Å². The van der Waals surface area contributed by atoms with Gasteiger partial charge in [0.05, 0.1) is 0 Å². The Bertz CT molecular complexity index is 373. The molecule has 1 aliphatic heterocycles. The van der Waals surface area contributed by atoms with Gasteiger partial charge >= 0.3 is 0 Å². The van der Waals surface area contributed by atoms with Gasteiger partial charge in [-0.15, -0.1) is 0 Å². The average molecular weight is 311 g/mol. The third-order valence-corrected chi connectivity index (χ3v) is 4.40. The number of rotatable bonds is 4. The van der Waals surface area contributed by atoms with E-state index in [-0.39, 0.29) is 6.04 Å². The molecule has 100 valence electrons. The number of halogens is 1. The first-order valence-corrected chi connectivity index (χ1v) is 7.68. The van der Waals surface area contributed by atoms with E-state index in [0.717, 1.165) is 23.4 Å². The molecule has 0 spiro atoms. The van der Waals surface area contributed by atoms with Crippen LogP contribution in [0.5, 0.6) is 0 Å². The fourth-order valence-corrected chi connectivity index (χ4v) is 2.93. The van der Waals surface area contributed by atoms with E-state index in [1.165, 1.54) is 31.5 Å². The Kier molecular flexibility index (Phi) is 5.22. The van der Waals surface area contributed by atoms with E-state index in [9.17, 15) is 0 Å². The Hall–Kier alpha value is -0.380. The highest BCUT2D eigenvalue weighted by Gasteiger charge is 2.16. The molecule has 0 saturated carbocycles. The van der Waals surface area contributed by atoms with Crippen LogP contribution in [-0.2, 0) is 0 Å². The Morgan fingerprint density at radius 2 is 2.11 bits per heavy atom. The van der Waals surface area contributed by atoms with Crippen molar-refractivity contribution in [3.63, 3.8) is 0 Å². The van der Waals surface area contributed by atoms with Gasteiger partial charge in [-0.05, 0) is 62.5 Å². The van der Waals surface area contributed by atoms with Crippen molar-refractivity contribution in [3.05, 3.63) is 34.3 Å². The maximum absolute atomic E-state index is 6.26. The number of benzene rings is 1. The van der Waals surface area contributed by atoms with E-state index in [0.29, 0.717) is 0 Å². The summed E-state index contributed by atoms with van der Waals surface area (Å²) >= 11 is 3.50. The number of hydrogen-bond acceptors (Lipinski definition) is 2. The summed E-state index contributed by atoms with van der Waals surface area (Å²) in [6.45, 7) is 5.96. The van der Waals surface area contributed by atoms with E-state index >= 15 is 0 Å². The zero-order chi connectivity index (χ0) is 13.0. The van der Waals surface area contributed by atoms with Crippen molar-refractivity contribution in [3.8, 4) is 0 Å². The minimum Gasteiger partial charge on any atom is -0.324 e. The average Bonchev–Trinajstić information content (AvgIpc) is 2.38. The molecule has 1 fully saturated rings. The lowest BCUT2D eigenvalue weighted by molar-refractivity contribution is 0.187. The molecular formula is C15H23BrN2. The monoisotopic (exact) mass is 310 g/mol. The van der Waals surface area contributed by atoms with Gasteiger partial charge < -0.3 is 10.6 Å².